The van der Waals surface area contributed by atoms with Crippen molar-refractivity contribution in [3.8, 4) is 34.1 Å². The highest BCUT2D eigenvalue weighted by Crippen LogP contribution is 2.42. The number of ether oxygens (including phenoxy) is 4. The molecule has 2 aromatic rings. The van der Waals surface area contributed by atoms with Crippen LogP contribution >= 0.6 is 0 Å². The number of aliphatic hydroxyl groups excluding tert-OH is 1. The van der Waals surface area contributed by atoms with Gasteiger partial charge in [-0.1, -0.05) is 6.07 Å². The van der Waals surface area contributed by atoms with Crippen LogP contribution < -0.4 is 24.7 Å². The van der Waals surface area contributed by atoms with E-state index in [1.54, 1.807) is 6.07 Å². The van der Waals surface area contributed by atoms with Gasteiger partial charge in [-0.2, -0.15) is 0 Å². The summed E-state index contributed by atoms with van der Waals surface area (Å²) in [6, 6.07) is 9.34. The largest absolute Gasteiger partial charge is 0.486 e. The fraction of sp³-hybridized carbons (Fsp3) is 0.250. The van der Waals surface area contributed by atoms with Crippen LogP contribution in [-0.2, 0) is 0 Å². The second kappa shape index (κ2) is 5.08. The van der Waals surface area contributed by atoms with E-state index in [9.17, 15) is 5.11 Å². The molecule has 6 heteroatoms. The van der Waals surface area contributed by atoms with Gasteiger partial charge in [-0.25, -0.2) is 0 Å². The molecule has 2 aliphatic heterocycles. The summed E-state index contributed by atoms with van der Waals surface area (Å²) in [7, 11) is 0. The van der Waals surface area contributed by atoms with E-state index in [4.69, 9.17) is 24.7 Å². The topological polar surface area (TPSA) is 83.2 Å². The Hall–Kier alpha value is -2.44. The zero-order valence-electron chi connectivity index (χ0n) is 11.7. The molecule has 1 unspecified atom stereocenters. The molecule has 6 nitrogen and oxygen atoms in total. The molecule has 0 spiro atoms. The van der Waals surface area contributed by atoms with Gasteiger partial charge >= 0.3 is 0 Å². The van der Waals surface area contributed by atoms with Crippen molar-refractivity contribution in [3.05, 3.63) is 35.9 Å². The van der Waals surface area contributed by atoms with Crippen molar-refractivity contribution in [2.75, 3.05) is 20.0 Å². The van der Waals surface area contributed by atoms with Crippen LogP contribution in [0.3, 0.4) is 0 Å². The Bertz CT molecular complexity index is 729. The van der Waals surface area contributed by atoms with Crippen molar-refractivity contribution in [1.29, 1.82) is 0 Å². The SMILES string of the molecule is NC(O)c1cc(-c2ccc3c(c2)OCO3)cc2c1OCCO2. The molecule has 2 heterocycles. The number of rotatable bonds is 2. The third-order valence-electron chi connectivity index (χ3n) is 3.70. The first kappa shape index (κ1) is 13.2. The van der Waals surface area contributed by atoms with E-state index >= 15 is 0 Å². The Morgan fingerprint density at radius 2 is 1.64 bits per heavy atom. The minimum atomic E-state index is -1.13. The van der Waals surface area contributed by atoms with Gasteiger partial charge < -0.3 is 29.8 Å². The van der Waals surface area contributed by atoms with Crippen LogP contribution in [0.1, 0.15) is 11.8 Å². The second-order valence-electron chi connectivity index (χ2n) is 5.10. The van der Waals surface area contributed by atoms with Crippen LogP contribution in [0.4, 0.5) is 0 Å². The molecule has 2 aliphatic rings. The minimum absolute atomic E-state index is 0.229. The molecule has 0 bridgehead atoms. The lowest BCUT2D eigenvalue weighted by Gasteiger charge is -2.23. The summed E-state index contributed by atoms with van der Waals surface area (Å²) in [5.74, 6) is 2.51. The van der Waals surface area contributed by atoms with E-state index in [0.717, 1.165) is 16.9 Å². The van der Waals surface area contributed by atoms with Crippen molar-refractivity contribution < 1.29 is 24.1 Å². The summed E-state index contributed by atoms with van der Waals surface area (Å²) in [6.45, 7) is 1.14. The lowest BCUT2D eigenvalue weighted by atomic mass is 10.00. The molecule has 3 N–H and O–H groups in total. The molecule has 0 fully saturated rings. The van der Waals surface area contributed by atoms with Crippen molar-refractivity contribution in [1.82, 2.24) is 0 Å². The number of benzene rings is 2. The van der Waals surface area contributed by atoms with Crippen LogP contribution in [0.5, 0.6) is 23.0 Å². The van der Waals surface area contributed by atoms with Gasteiger partial charge in [0.15, 0.2) is 23.0 Å². The summed E-state index contributed by atoms with van der Waals surface area (Å²) < 4.78 is 21.9. The van der Waals surface area contributed by atoms with Crippen LogP contribution in [-0.4, -0.2) is 25.1 Å². The molecule has 0 amide bonds. The normalized spacial score (nSPS) is 16.5. The zero-order chi connectivity index (χ0) is 15.1. The van der Waals surface area contributed by atoms with Crippen molar-refractivity contribution in [2.24, 2.45) is 5.73 Å². The first-order valence-corrected chi connectivity index (χ1v) is 6.99. The minimum Gasteiger partial charge on any atom is -0.486 e. The highest BCUT2D eigenvalue weighted by Gasteiger charge is 2.22. The third kappa shape index (κ3) is 2.13. The monoisotopic (exact) mass is 301 g/mol. The number of fused-ring (bicyclic) bond motifs is 2. The molecule has 22 heavy (non-hydrogen) atoms. The molecule has 1 atom stereocenters. The van der Waals surface area contributed by atoms with Gasteiger partial charge in [0.2, 0.25) is 6.79 Å². The van der Waals surface area contributed by atoms with Gasteiger partial charge in [0.25, 0.3) is 0 Å². The molecule has 0 saturated carbocycles. The number of aliphatic hydroxyl groups is 1. The maximum atomic E-state index is 9.80. The Morgan fingerprint density at radius 1 is 0.864 bits per heavy atom. The van der Waals surface area contributed by atoms with E-state index in [-0.39, 0.29) is 6.79 Å². The summed E-state index contributed by atoms with van der Waals surface area (Å²) >= 11 is 0. The van der Waals surface area contributed by atoms with Gasteiger partial charge in [-0.15, -0.1) is 0 Å². The molecule has 0 aliphatic carbocycles. The van der Waals surface area contributed by atoms with E-state index in [1.165, 1.54) is 0 Å². The lowest BCUT2D eigenvalue weighted by Crippen LogP contribution is -2.19. The highest BCUT2D eigenvalue weighted by atomic mass is 16.7. The molecule has 114 valence electrons. The van der Waals surface area contributed by atoms with Gasteiger partial charge in [0, 0.05) is 5.56 Å². The first-order valence-electron chi connectivity index (χ1n) is 6.99. The smallest absolute Gasteiger partial charge is 0.231 e. The summed E-state index contributed by atoms with van der Waals surface area (Å²) in [4.78, 5) is 0. The van der Waals surface area contributed by atoms with Gasteiger partial charge in [-0.3, -0.25) is 0 Å². The maximum Gasteiger partial charge on any atom is 0.231 e. The second-order valence-corrected chi connectivity index (χ2v) is 5.10. The van der Waals surface area contributed by atoms with Crippen LogP contribution in [0, 0.1) is 0 Å². The molecular weight excluding hydrogens is 286 g/mol. The number of hydrogen-bond acceptors (Lipinski definition) is 6. The fourth-order valence-electron chi connectivity index (χ4n) is 2.64. The van der Waals surface area contributed by atoms with E-state index in [0.29, 0.717) is 36.0 Å². The molecule has 0 saturated heterocycles. The maximum absolute atomic E-state index is 9.80. The molecular formula is C16H15NO5. The van der Waals surface area contributed by atoms with Crippen molar-refractivity contribution in [2.45, 2.75) is 6.23 Å². The van der Waals surface area contributed by atoms with Gasteiger partial charge in [0.05, 0.1) is 0 Å². The summed E-state index contributed by atoms with van der Waals surface area (Å²) in [5.41, 5.74) is 7.94. The average Bonchev–Trinajstić information content (AvgIpc) is 3.01. The zero-order valence-corrected chi connectivity index (χ0v) is 11.7. The molecule has 0 aromatic heterocycles. The van der Waals surface area contributed by atoms with Crippen LogP contribution in [0.2, 0.25) is 0 Å². The summed E-state index contributed by atoms with van der Waals surface area (Å²) in [6.07, 6.45) is -1.13. The average molecular weight is 301 g/mol. The van der Waals surface area contributed by atoms with E-state index in [1.807, 2.05) is 24.3 Å². The fourth-order valence-corrected chi connectivity index (χ4v) is 2.64. The standard InChI is InChI=1S/C16H15NO5/c17-16(18)11-5-10(7-14-15(11)20-4-3-19-14)9-1-2-12-13(6-9)22-8-21-12/h1-2,5-7,16,18H,3-4,8,17H2. The van der Waals surface area contributed by atoms with Gasteiger partial charge in [-0.05, 0) is 35.4 Å². The highest BCUT2D eigenvalue weighted by molar-refractivity contribution is 5.72. The Kier molecular flexibility index (Phi) is 3.06. The van der Waals surface area contributed by atoms with Crippen molar-refractivity contribution >= 4 is 0 Å². The third-order valence-corrected chi connectivity index (χ3v) is 3.70. The molecule has 4 rings (SSSR count). The Balaban J connectivity index is 1.83. The summed E-state index contributed by atoms with van der Waals surface area (Å²) in [5, 5.41) is 9.80. The predicted molar refractivity (Wildman–Crippen MR) is 78.1 cm³/mol. The first-order chi connectivity index (χ1) is 10.7. The molecule has 0 radical (unpaired) electrons. The van der Waals surface area contributed by atoms with Crippen LogP contribution in [0.15, 0.2) is 30.3 Å². The van der Waals surface area contributed by atoms with Crippen molar-refractivity contribution in [3.63, 3.8) is 0 Å². The molecule has 2 aromatic carbocycles. The predicted octanol–water partition coefficient (Wildman–Crippen LogP) is 1.80. The Labute approximate surface area is 127 Å². The number of hydrogen-bond donors (Lipinski definition) is 2. The lowest BCUT2D eigenvalue weighted by molar-refractivity contribution is 0.149. The van der Waals surface area contributed by atoms with Crippen LogP contribution in [0.25, 0.3) is 11.1 Å². The quantitative estimate of drug-likeness (QED) is 0.823. The van der Waals surface area contributed by atoms with E-state index in [2.05, 4.69) is 0 Å². The van der Waals surface area contributed by atoms with Gasteiger partial charge in [0.1, 0.15) is 19.4 Å². The van der Waals surface area contributed by atoms with E-state index < -0.39 is 6.23 Å². The number of nitrogens with two attached hydrogens (primary N) is 1. The Morgan fingerprint density at radius 3 is 2.50 bits per heavy atom.